The van der Waals surface area contributed by atoms with E-state index >= 15 is 0 Å². The molecule has 0 aliphatic carbocycles. The Balaban J connectivity index is 1.81. The fourth-order valence-electron chi connectivity index (χ4n) is 5.20. The lowest BCUT2D eigenvalue weighted by Crippen LogP contribution is -2.53. The molecule has 2 amide bonds. The van der Waals surface area contributed by atoms with Crippen molar-refractivity contribution in [3.63, 3.8) is 0 Å². The smallest absolute Gasteiger partial charge is 0.264 e. The van der Waals surface area contributed by atoms with Gasteiger partial charge in [0.25, 0.3) is 10.0 Å². The molecule has 1 N–H and O–H groups in total. The summed E-state index contributed by atoms with van der Waals surface area (Å²) in [5, 5.41) is 2.89. The van der Waals surface area contributed by atoms with Gasteiger partial charge in [0.05, 0.1) is 10.6 Å². The molecule has 0 radical (unpaired) electrons. The Bertz CT molecular complexity index is 1640. The number of nitrogens with zero attached hydrogens (tertiary/aromatic N) is 2. The third kappa shape index (κ3) is 8.11. The number of benzene rings is 4. The van der Waals surface area contributed by atoms with Crippen LogP contribution in [0.1, 0.15) is 34.7 Å². The summed E-state index contributed by atoms with van der Waals surface area (Å²) in [6, 6.07) is 30.0. The van der Waals surface area contributed by atoms with Crippen LogP contribution in [-0.2, 0) is 32.6 Å². The summed E-state index contributed by atoms with van der Waals surface area (Å²) in [5.41, 5.74) is 4.89. The van der Waals surface area contributed by atoms with E-state index in [-0.39, 0.29) is 23.8 Å². The van der Waals surface area contributed by atoms with Crippen LogP contribution in [0, 0.1) is 20.8 Å². The number of nitrogens with one attached hydrogen (secondary N) is 1. The quantitative estimate of drug-likeness (QED) is 0.231. The van der Waals surface area contributed by atoms with Crippen molar-refractivity contribution in [3.05, 3.63) is 131 Å². The number of hydrogen-bond acceptors (Lipinski definition) is 4. The number of hydrogen-bond donors (Lipinski definition) is 1. The molecule has 0 heterocycles. The van der Waals surface area contributed by atoms with Gasteiger partial charge >= 0.3 is 0 Å². The van der Waals surface area contributed by atoms with Gasteiger partial charge in [0.15, 0.2) is 0 Å². The van der Waals surface area contributed by atoms with Gasteiger partial charge in [-0.1, -0.05) is 84.4 Å². The van der Waals surface area contributed by atoms with Crippen molar-refractivity contribution in [3.8, 4) is 0 Å². The van der Waals surface area contributed by atoms with Gasteiger partial charge in [-0.3, -0.25) is 13.9 Å². The predicted molar refractivity (Wildman–Crippen MR) is 171 cm³/mol. The van der Waals surface area contributed by atoms with E-state index in [1.54, 1.807) is 30.3 Å². The van der Waals surface area contributed by atoms with Crippen LogP contribution in [-0.4, -0.2) is 44.3 Å². The van der Waals surface area contributed by atoms with Gasteiger partial charge in [-0.25, -0.2) is 8.42 Å². The molecule has 0 bridgehead atoms. The molecule has 0 spiro atoms. The highest BCUT2D eigenvalue weighted by molar-refractivity contribution is 7.92. The van der Waals surface area contributed by atoms with E-state index < -0.39 is 28.5 Å². The van der Waals surface area contributed by atoms with Crippen molar-refractivity contribution < 1.29 is 18.0 Å². The van der Waals surface area contributed by atoms with Crippen LogP contribution < -0.4 is 9.62 Å². The fraction of sp³-hybridized carbons (Fsp3) is 0.257. The zero-order chi connectivity index (χ0) is 31.0. The van der Waals surface area contributed by atoms with Crippen LogP contribution in [0.25, 0.3) is 0 Å². The van der Waals surface area contributed by atoms with Gasteiger partial charge in [0, 0.05) is 19.5 Å². The molecule has 1 atom stereocenters. The molecule has 8 heteroatoms. The van der Waals surface area contributed by atoms with E-state index in [0.717, 1.165) is 32.1 Å². The van der Waals surface area contributed by atoms with E-state index in [1.165, 1.54) is 17.0 Å². The number of anilines is 1. The number of carbonyl (C=O) groups excluding carboxylic acids is 2. The van der Waals surface area contributed by atoms with Gasteiger partial charge in [0.1, 0.15) is 12.6 Å². The molecule has 0 aromatic heterocycles. The Kier molecular flexibility index (Phi) is 10.4. The zero-order valence-electron chi connectivity index (χ0n) is 25.2. The number of aryl methyl sites for hydroxylation is 3. The van der Waals surface area contributed by atoms with E-state index in [4.69, 9.17) is 0 Å². The van der Waals surface area contributed by atoms with Crippen LogP contribution in [0.4, 0.5) is 5.69 Å². The molecule has 4 rings (SSSR count). The predicted octanol–water partition coefficient (Wildman–Crippen LogP) is 5.58. The molecule has 0 aliphatic rings. The minimum atomic E-state index is -4.13. The molecule has 0 unspecified atom stereocenters. The Morgan fingerprint density at radius 2 is 1.35 bits per heavy atom. The van der Waals surface area contributed by atoms with Crippen LogP contribution in [0.5, 0.6) is 0 Å². The van der Waals surface area contributed by atoms with E-state index in [2.05, 4.69) is 5.32 Å². The normalized spacial score (nSPS) is 11.9. The van der Waals surface area contributed by atoms with Gasteiger partial charge in [-0.2, -0.15) is 0 Å². The Morgan fingerprint density at radius 3 is 1.95 bits per heavy atom. The van der Waals surface area contributed by atoms with Crippen LogP contribution in [0.2, 0.25) is 0 Å². The standard InChI is InChI=1S/C35H39N3O4S/c1-5-36-35(40)33(23-29-14-8-6-9-15-29)37(24-30-16-12-13-26(2)20-30)34(39)25-38(31-21-27(3)19-28(4)22-31)43(41,42)32-17-10-7-11-18-32/h6-22,33H,5,23-25H2,1-4H3,(H,36,40)/t33-/m0/s1. The first-order chi connectivity index (χ1) is 20.6. The lowest BCUT2D eigenvalue weighted by Gasteiger charge is -2.34. The minimum Gasteiger partial charge on any atom is -0.355 e. The topological polar surface area (TPSA) is 86.8 Å². The maximum absolute atomic E-state index is 14.4. The molecular weight excluding hydrogens is 558 g/mol. The molecule has 224 valence electrons. The summed E-state index contributed by atoms with van der Waals surface area (Å²) < 4.78 is 29.3. The number of sulfonamides is 1. The summed E-state index contributed by atoms with van der Waals surface area (Å²) in [6.07, 6.45) is 0.277. The highest BCUT2D eigenvalue weighted by atomic mass is 32.2. The minimum absolute atomic E-state index is 0.0803. The average Bonchev–Trinajstić information content (AvgIpc) is 2.98. The second-order valence-electron chi connectivity index (χ2n) is 10.8. The molecule has 7 nitrogen and oxygen atoms in total. The average molecular weight is 598 g/mol. The monoisotopic (exact) mass is 597 g/mol. The Morgan fingerprint density at radius 1 is 0.744 bits per heavy atom. The highest BCUT2D eigenvalue weighted by Gasteiger charge is 2.34. The third-order valence-electron chi connectivity index (χ3n) is 7.16. The van der Waals surface area contributed by atoms with Crippen LogP contribution in [0.3, 0.4) is 0 Å². The number of amides is 2. The van der Waals surface area contributed by atoms with Gasteiger partial charge in [-0.15, -0.1) is 0 Å². The second-order valence-corrected chi connectivity index (χ2v) is 12.6. The first kappa shape index (κ1) is 31.5. The summed E-state index contributed by atoms with van der Waals surface area (Å²) in [6.45, 7) is 7.64. The van der Waals surface area contributed by atoms with Crippen molar-refractivity contribution >= 4 is 27.5 Å². The van der Waals surface area contributed by atoms with Crippen molar-refractivity contribution in [2.24, 2.45) is 0 Å². The highest BCUT2D eigenvalue weighted by Crippen LogP contribution is 2.27. The number of rotatable bonds is 12. The number of carbonyl (C=O) groups is 2. The summed E-state index contributed by atoms with van der Waals surface area (Å²) >= 11 is 0. The molecule has 0 fully saturated rings. The largest absolute Gasteiger partial charge is 0.355 e. The molecule has 43 heavy (non-hydrogen) atoms. The molecular formula is C35H39N3O4S. The molecule has 4 aromatic carbocycles. The lowest BCUT2D eigenvalue weighted by molar-refractivity contribution is -0.140. The molecule has 4 aromatic rings. The molecule has 0 aliphatic heterocycles. The summed E-state index contributed by atoms with van der Waals surface area (Å²) in [4.78, 5) is 29.6. The summed E-state index contributed by atoms with van der Waals surface area (Å²) in [7, 11) is -4.13. The summed E-state index contributed by atoms with van der Waals surface area (Å²) in [5.74, 6) is -0.774. The Hall–Kier alpha value is -4.43. The van der Waals surface area contributed by atoms with Crippen molar-refractivity contribution in [2.75, 3.05) is 17.4 Å². The number of likely N-dealkylation sites (N-methyl/N-ethyl adjacent to an activating group) is 1. The molecule has 0 saturated heterocycles. The van der Waals surface area contributed by atoms with E-state index in [1.807, 2.05) is 88.4 Å². The van der Waals surface area contributed by atoms with Gasteiger partial charge in [-0.05, 0) is 74.2 Å². The second kappa shape index (κ2) is 14.2. The molecule has 0 saturated carbocycles. The fourth-order valence-corrected chi connectivity index (χ4v) is 6.62. The van der Waals surface area contributed by atoms with E-state index in [0.29, 0.717) is 12.2 Å². The van der Waals surface area contributed by atoms with E-state index in [9.17, 15) is 18.0 Å². The Labute approximate surface area is 255 Å². The van der Waals surface area contributed by atoms with Gasteiger partial charge in [0.2, 0.25) is 11.8 Å². The van der Waals surface area contributed by atoms with Crippen molar-refractivity contribution in [2.45, 2.75) is 51.6 Å². The first-order valence-corrected chi connectivity index (χ1v) is 15.8. The maximum Gasteiger partial charge on any atom is 0.264 e. The SMILES string of the molecule is CCNC(=O)[C@H](Cc1ccccc1)N(Cc1cccc(C)c1)C(=O)CN(c1cc(C)cc(C)c1)S(=O)(=O)c1ccccc1. The first-order valence-electron chi connectivity index (χ1n) is 14.4. The van der Waals surface area contributed by atoms with Crippen LogP contribution >= 0.6 is 0 Å². The maximum atomic E-state index is 14.4. The van der Waals surface area contributed by atoms with Crippen LogP contribution in [0.15, 0.2) is 108 Å². The van der Waals surface area contributed by atoms with Crippen molar-refractivity contribution in [1.82, 2.24) is 10.2 Å². The third-order valence-corrected chi connectivity index (χ3v) is 8.95. The zero-order valence-corrected chi connectivity index (χ0v) is 26.0. The van der Waals surface area contributed by atoms with Crippen molar-refractivity contribution in [1.29, 1.82) is 0 Å². The lowest BCUT2D eigenvalue weighted by atomic mass is 10.0. The van der Waals surface area contributed by atoms with Gasteiger partial charge < -0.3 is 10.2 Å².